The number of ether oxygens (including phenoxy) is 1. The van der Waals surface area contributed by atoms with Crippen LogP contribution in [0.1, 0.15) is 62.0 Å². The van der Waals surface area contributed by atoms with E-state index in [4.69, 9.17) is 4.74 Å². The fourth-order valence-electron chi connectivity index (χ4n) is 5.84. The van der Waals surface area contributed by atoms with Crippen LogP contribution in [0.15, 0.2) is 48.5 Å². The molecular formula is C28H32N2O5. The summed E-state index contributed by atoms with van der Waals surface area (Å²) in [7, 11) is 0. The zero-order valence-electron chi connectivity index (χ0n) is 19.8. The number of amides is 2. The summed E-state index contributed by atoms with van der Waals surface area (Å²) in [5.41, 5.74) is 3.90. The summed E-state index contributed by atoms with van der Waals surface area (Å²) >= 11 is 0. The minimum atomic E-state index is -0.831. The van der Waals surface area contributed by atoms with Gasteiger partial charge in [0.05, 0.1) is 5.41 Å². The lowest BCUT2D eigenvalue weighted by Crippen LogP contribution is -2.49. The molecule has 0 saturated heterocycles. The maximum Gasteiger partial charge on any atom is 0.407 e. The highest BCUT2D eigenvalue weighted by atomic mass is 16.5. The molecule has 0 aliphatic heterocycles. The maximum absolute atomic E-state index is 12.7. The van der Waals surface area contributed by atoms with Crippen LogP contribution >= 0.6 is 0 Å². The van der Waals surface area contributed by atoms with Gasteiger partial charge in [0, 0.05) is 24.4 Å². The minimum absolute atomic E-state index is 0.00564. The second-order valence-corrected chi connectivity index (χ2v) is 10.2. The fraction of sp³-hybridized carbons (Fsp3) is 0.464. The normalized spacial score (nSPS) is 22.3. The number of nitrogens with one attached hydrogen (secondary N) is 2. The second-order valence-electron chi connectivity index (χ2n) is 10.2. The number of rotatable bonds is 7. The van der Waals surface area contributed by atoms with Crippen molar-refractivity contribution in [3.8, 4) is 11.1 Å². The van der Waals surface area contributed by atoms with E-state index >= 15 is 0 Å². The van der Waals surface area contributed by atoms with Gasteiger partial charge in [0.15, 0.2) is 0 Å². The lowest BCUT2D eigenvalue weighted by molar-refractivity contribution is -0.154. The third-order valence-electron chi connectivity index (χ3n) is 8.08. The Morgan fingerprint density at radius 1 is 0.943 bits per heavy atom. The summed E-state index contributed by atoms with van der Waals surface area (Å²) in [6.07, 6.45) is 4.56. The molecule has 7 heteroatoms. The van der Waals surface area contributed by atoms with Gasteiger partial charge in [0.25, 0.3) is 0 Å². The van der Waals surface area contributed by atoms with Crippen LogP contribution in [0.25, 0.3) is 11.1 Å². The molecule has 2 atom stereocenters. The predicted octanol–water partition coefficient (Wildman–Crippen LogP) is 4.46. The average Bonchev–Trinajstić information content (AvgIpc) is 3.15. The van der Waals surface area contributed by atoms with Crippen molar-refractivity contribution in [1.82, 2.24) is 10.6 Å². The molecule has 7 nitrogen and oxygen atoms in total. The van der Waals surface area contributed by atoms with Gasteiger partial charge in [-0.2, -0.15) is 0 Å². The molecule has 0 unspecified atom stereocenters. The predicted molar refractivity (Wildman–Crippen MR) is 131 cm³/mol. The molecule has 3 aliphatic rings. The molecule has 0 radical (unpaired) electrons. The molecular weight excluding hydrogens is 444 g/mol. The smallest absolute Gasteiger partial charge is 0.407 e. The van der Waals surface area contributed by atoms with Gasteiger partial charge in [-0.05, 0) is 54.4 Å². The molecule has 3 aliphatic carbocycles. The van der Waals surface area contributed by atoms with Crippen molar-refractivity contribution in [2.24, 2.45) is 11.3 Å². The first-order valence-electron chi connectivity index (χ1n) is 12.6. The van der Waals surface area contributed by atoms with Gasteiger partial charge < -0.3 is 20.5 Å². The highest BCUT2D eigenvalue weighted by molar-refractivity contribution is 5.81. The summed E-state index contributed by atoms with van der Waals surface area (Å²) in [5, 5.41) is 15.3. The Morgan fingerprint density at radius 3 is 2.20 bits per heavy atom. The Balaban J connectivity index is 1.13. The number of carbonyl (C=O) groups excluding carboxylic acids is 2. The number of carbonyl (C=O) groups is 3. The molecule has 2 aromatic rings. The Kier molecular flexibility index (Phi) is 6.50. The van der Waals surface area contributed by atoms with Gasteiger partial charge >= 0.3 is 12.1 Å². The number of alkyl carbamates (subject to hydrolysis) is 1. The molecule has 2 saturated carbocycles. The molecule has 0 bridgehead atoms. The van der Waals surface area contributed by atoms with Gasteiger partial charge in [0.1, 0.15) is 6.61 Å². The van der Waals surface area contributed by atoms with Gasteiger partial charge in [-0.15, -0.1) is 0 Å². The quantitative estimate of drug-likeness (QED) is 0.547. The fourth-order valence-corrected chi connectivity index (χ4v) is 5.84. The van der Waals surface area contributed by atoms with Crippen LogP contribution in [0.3, 0.4) is 0 Å². The van der Waals surface area contributed by atoms with E-state index in [2.05, 4.69) is 34.9 Å². The molecule has 2 fully saturated rings. The van der Waals surface area contributed by atoms with E-state index in [1.165, 1.54) is 22.3 Å². The van der Waals surface area contributed by atoms with Crippen LogP contribution in [0, 0.1) is 11.3 Å². The number of carboxylic acid groups (broad SMARTS) is 1. The largest absolute Gasteiger partial charge is 0.481 e. The van der Waals surface area contributed by atoms with Crippen molar-refractivity contribution in [3.63, 3.8) is 0 Å². The first-order chi connectivity index (χ1) is 17.0. The topological polar surface area (TPSA) is 105 Å². The van der Waals surface area contributed by atoms with E-state index in [-0.39, 0.29) is 36.9 Å². The molecule has 2 aromatic carbocycles. The van der Waals surface area contributed by atoms with Crippen LogP contribution in [-0.2, 0) is 14.3 Å². The lowest BCUT2D eigenvalue weighted by Gasteiger charge is -2.38. The maximum atomic E-state index is 12.7. The van der Waals surface area contributed by atoms with Crippen molar-refractivity contribution in [2.45, 2.75) is 56.9 Å². The highest BCUT2D eigenvalue weighted by Gasteiger charge is 2.45. The highest BCUT2D eigenvalue weighted by Crippen LogP contribution is 2.44. The minimum Gasteiger partial charge on any atom is -0.481 e. The number of carboxylic acids is 1. The van der Waals surface area contributed by atoms with Gasteiger partial charge in [-0.3, -0.25) is 9.59 Å². The van der Waals surface area contributed by atoms with E-state index in [0.29, 0.717) is 19.3 Å². The van der Waals surface area contributed by atoms with Gasteiger partial charge in [0.2, 0.25) is 5.91 Å². The number of benzene rings is 2. The molecule has 2 amide bonds. The molecule has 184 valence electrons. The van der Waals surface area contributed by atoms with E-state index < -0.39 is 17.5 Å². The van der Waals surface area contributed by atoms with Crippen LogP contribution in [0.4, 0.5) is 4.79 Å². The Hall–Kier alpha value is -3.35. The number of hydrogen-bond donors (Lipinski definition) is 3. The monoisotopic (exact) mass is 476 g/mol. The first kappa shape index (κ1) is 23.4. The molecule has 0 aromatic heterocycles. The van der Waals surface area contributed by atoms with E-state index in [9.17, 15) is 19.5 Å². The summed E-state index contributed by atoms with van der Waals surface area (Å²) in [5.74, 6) is -1.17. The van der Waals surface area contributed by atoms with Crippen LogP contribution in [0.5, 0.6) is 0 Å². The molecule has 3 N–H and O–H groups in total. The van der Waals surface area contributed by atoms with E-state index in [1.54, 1.807) is 0 Å². The van der Waals surface area contributed by atoms with Crippen molar-refractivity contribution in [3.05, 3.63) is 59.7 Å². The molecule has 5 rings (SSSR count). The molecule has 35 heavy (non-hydrogen) atoms. The molecule has 0 spiro atoms. The molecule has 0 heterocycles. The van der Waals surface area contributed by atoms with Crippen molar-refractivity contribution >= 4 is 18.0 Å². The summed E-state index contributed by atoms with van der Waals surface area (Å²) in [4.78, 5) is 36.9. The summed E-state index contributed by atoms with van der Waals surface area (Å²) in [6, 6.07) is 16.3. The lowest BCUT2D eigenvalue weighted by atomic mass is 9.68. The summed E-state index contributed by atoms with van der Waals surface area (Å²) in [6.45, 7) is 0.440. The van der Waals surface area contributed by atoms with Crippen molar-refractivity contribution in [2.75, 3.05) is 13.2 Å². The zero-order valence-corrected chi connectivity index (χ0v) is 19.8. The van der Waals surface area contributed by atoms with Crippen LogP contribution in [-0.4, -0.2) is 42.3 Å². The standard InChI is InChI=1S/C28H32N2O5/c31-25(29-17-28(26(32)33)13-6-14-28)18-7-5-8-19(15-18)30-27(34)35-16-24-22-11-3-1-9-20(22)21-10-2-4-12-23(21)24/h1-4,9-12,18-19,24H,5-8,13-17H2,(H,29,31)(H,30,34)(H,32,33)/t18-,19+/m0/s1. The number of hydrogen-bond acceptors (Lipinski definition) is 4. The Labute approximate surface area is 205 Å². The zero-order chi connectivity index (χ0) is 24.4. The van der Waals surface area contributed by atoms with E-state index in [0.717, 1.165) is 25.7 Å². The SMILES string of the molecule is O=C(N[C@@H]1CCC[C@H](C(=O)NCC2(C(=O)O)CCC2)C1)OCC1c2ccccc2-c2ccccc21. The number of fused-ring (bicyclic) bond motifs is 3. The second kappa shape index (κ2) is 9.72. The first-order valence-corrected chi connectivity index (χ1v) is 12.6. The van der Waals surface area contributed by atoms with E-state index in [1.807, 2.05) is 24.3 Å². The third kappa shape index (κ3) is 4.64. The third-order valence-corrected chi connectivity index (χ3v) is 8.08. The van der Waals surface area contributed by atoms with Crippen LogP contribution in [0.2, 0.25) is 0 Å². The Morgan fingerprint density at radius 2 is 1.60 bits per heavy atom. The van der Waals surface area contributed by atoms with Crippen LogP contribution < -0.4 is 10.6 Å². The Bertz CT molecular complexity index is 1080. The number of aliphatic carboxylic acids is 1. The average molecular weight is 477 g/mol. The summed E-state index contributed by atoms with van der Waals surface area (Å²) < 4.78 is 5.66. The van der Waals surface area contributed by atoms with Gasteiger partial charge in [-0.25, -0.2) is 4.79 Å². The van der Waals surface area contributed by atoms with Crippen molar-refractivity contribution < 1.29 is 24.2 Å². The van der Waals surface area contributed by atoms with Crippen molar-refractivity contribution in [1.29, 1.82) is 0 Å². The van der Waals surface area contributed by atoms with Gasteiger partial charge in [-0.1, -0.05) is 61.4 Å².